The molecule has 0 aliphatic carbocycles. The number of oxazole rings is 1. The van der Waals surface area contributed by atoms with Crippen LogP contribution >= 0.6 is 11.3 Å². The van der Waals surface area contributed by atoms with E-state index in [1.807, 2.05) is 24.3 Å². The second-order valence-corrected chi connectivity index (χ2v) is 6.36. The first-order chi connectivity index (χ1) is 11.7. The van der Waals surface area contributed by atoms with Crippen molar-refractivity contribution in [2.45, 2.75) is 32.6 Å². The van der Waals surface area contributed by atoms with Crippen LogP contribution in [0.4, 0.5) is 5.13 Å². The number of hydrogen-bond acceptors (Lipinski definition) is 6. The number of rotatable bonds is 7. The molecular formula is C17H18N4O2S. The highest BCUT2D eigenvalue weighted by atomic mass is 32.1. The average Bonchev–Trinajstić information content (AvgIpc) is 3.19. The largest absolute Gasteiger partial charge is 0.437 e. The third-order valence-electron chi connectivity index (χ3n) is 3.38. The van der Waals surface area contributed by atoms with Crippen molar-refractivity contribution in [3.8, 4) is 0 Å². The van der Waals surface area contributed by atoms with Crippen LogP contribution < -0.4 is 5.32 Å². The van der Waals surface area contributed by atoms with E-state index in [0.717, 1.165) is 23.4 Å². The van der Waals surface area contributed by atoms with Gasteiger partial charge in [0.1, 0.15) is 10.5 Å². The Bertz CT molecular complexity index is 820. The summed E-state index contributed by atoms with van der Waals surface area (Å²) in [5, 5.41) is 12.2. The Balaban J connectivity index is 1.56. The van der Waals surface area contributed by atoms with Crippen molar-refractivity contribution in [3.63, 3.8) is 0 Å². The lowest BCUT2D eigenvalue weighted by Gasteiger charge is -1.94. The maximum atomic E-state index is 11.9. The molecule has 0 unspecified atom stereocenters. The Morgan fingerprint density at radius 3 is 3.00 bits per heavy atom. The Labute approximate surface area is 143 Å². The van der Waals surface area contributed by atoms with Gasteiger partial charge in [-0.15, -0.1) is 10.2 Å². The zero-order chi connectivity index (χ0) is 16.8. The lowest BCUT2D eigenvalue weighted by molar-refractivity contribution is -0.111. The first-order valence-corrected chi connectivity index (χ1v) is 8.73. The Morgan fingerprint density at radius 1 is 1.29 bits per heavy atom. The molecule has 6 nitrogen and oxygen atoms in total. The predicted molar refractivity (Wildman–Crippen MR) is 94.8 cm³/mol. The SMILES string of the molecule is CCCCCc1nnc(NC(=O)/C=C/c2nc3ccccc3o2)s1. The number of fused-ring (bicyclic) bond motifs is 1. The molecule has 0 saturated heterocycles. The zero-order valence-electron chi connectivity index (χ0n) is 13.4. The molecule has 0 bridgehead atoms. The van der Waals surface area contributed by atoms with Gasteiger partial charge in [-0.2, -0.15) is 0 Å². The van der Waals surface area contributed by atoms with Crippen LogP contribution in [0.3, 0.4) is 0 Å². The molecule has 7 heteroatoms. The minimum absolute atomic E-state index is 0.284. The standard InChI is InChI=1S/C17H18N4O2S/c1-2-3-4-9-16-20-21-17(24-16)19-14(22)10-11-15-18-12-7-5-6-8-13(12)23-15/h5-8,10-11H,2-4,9H2,1H3,(H,19,21,22)/b11-10+. The van der Waals surface area contributed by atoms with Gasteiger partial charge in [-0.3, -0.25) is 10.1 Å². The molecular weight excluding hydrogens is 324 g/mol. The van der Waals surface area contributed by atoms with Gasteiger partial charge in [-0.1, -0.05) is 43.2 Å². The van der Waals surface area contributed by atoms with E-state index in [9.17, 15) is 4.79 Å². The van der Waals surface area contributed by atoms with E-state index in [1.165, 1.54) is 30.3 Å². The summed E-state index contributed by atoms with van der Waals surface area (Å²) in [4.78, 5) is 16.2. The van der Waals surface area contributed by atoms with Crippen LogP contribution in [0.2, 0.25) is 0 Å². The minimum Gasteiger partial charge on any atom is -0.437 e. The second-order valence-electron chi connectivity index (χ2n) is 5.30. The second kappa shape index (κ2) is 7.83. The van der Waals surface area contributed by atoms with E-state index in [0.29, 0.717) is 16.6 Å². The van der Waals surface area contributed by atoms with E-state index in [-0.39, 0.29) is 5.91 Å². The zero-order valence-corrected chi connectivity index (χ0v) is 14.2. The Hall–Kier alpha value is -2.54. The van der Waals surface area contributed by atoms with Crippen LogP contribution in [0.25, 0.3) is 17.2 Å². The molecule has 2 aromatic heterocycles. The number of anilines is 1. The summed E-state index contributed by atoms with van der Waals surface area (Å²) >= 11 is 1.41. The van der Waals surface area contributed by atoms with Crippen molar-refractivity contribution in [2.75, 3.05) is 5.32 Å². The molecule has 0 radical (unpaired) electrons. The highest BCUT2D eigenvalue weighted by Gasteiger charge is 2.07. The molecule has 24 heavy (non-hydrogen) atoms. The quantitative estimate of drug-likeness (QED) is 0.517. The molecule has 0 aliphatic heterocycles. The first kappa shape index (κ1) is 16.3. The number of hydrogen-bond donors (Lipinski definition) is 1. The van der Waals surface area contributed by atoms with Crippen molar-refractivity contribution in [1.82, 2.24) is 15.2 Å². The van der Waals surface area contributed by atoms with Gasteiger partial charge in [-0.05, 0) is 18.6 Å². The maximum Gasteiger partial charge on any atom is 0.250 e. The Morgan fingerprint density at radius 2 is 2.17 bits per heavy atom. The van der Waals surface area contributed by atoms with Gasteiger partial charge in [0, 0.05) is 18.6 Å². The number of nitrogens with one attached hydrogen (secondary N) is 1. The van der Waals surface area contributed by atoms with Crippen molar-refractivity contribution < 1.29 is 9.21 Å². The summed E-state index contributed by atoms with van der Waals surface area (Å²) in [6.07, 6.45) is 7.26. The summed E-state index contributed by atoms with van der Waals surface area (Å²) < 4.78 is 5.52. The van der Waals surface area contributed by atoms with Crippen molar-refractivity contribution in [1.29, 1.82) is 0 Å². The fourth-order valence-electron chi connectivity index (χ4n) is 2.19. The highest BCUT2D eigenvalue weighted by molar-refractivity contribution is 7.15. The number of para-hydroxylation sites is 2. The van der Waals surface area contributed by atoms with E-state index in [1.54, 1.807) is 6.08 Å². The van der Waals surface area contributed by atoms with Gasteiger partial charge in [0.25, 0.3) is 0 Å². The van der Waals surface area contributed by atoms with E-state index in [2.05, 4.69) is 27.4 Å². The monoisotopic (exact) mass is 342 g/mol. The molecule has 0 fully saturated rings. The van der Waals surface area contributed by atoms with E-state index in [4.69, 9.17) is 4.42 Å². The molecule has 1 aromatic carbocycles. The molecule has 0 saturated carbocycles. The molecule has 2 heterocycles. The number of benzene rings is 1. The average molecular weight is 342 g/mol. The normalized spacial score (nSPS) is 11.4. The fourth-order valence-corrected chi connectivity index (χ4v) is 2.97. The van der Waals surface area contributed by atoms with Crippen LogP contribution in [0.1, 0.15) is 37.1 Å². The van der Waals surface area contributed by atoms with Gasteiger partial charge in [0.05, 0.1) is 0 Å². The lowest BCUT2D eigenvalue weighted by Crippen LogP contribution is -2.07. The van der Waals surface area contributed by atoms with Gasteiger partial charge >= 0.3 is 0 Å². The molecule has 0 atom stereocenters. The first-order valence-electron chi connectivity index (χ1n) is 7.91. The summed E-state index contributed by atoms with van der Waals surface area (Å²) in [5.41, 5.74) is 1.46. The number of amides is 1. The van der Waals surface area contributed by atoms with Crippen LogP contribution in [0, 0.1) is 0 Å². The van der Waals surface area contributed by atoms with Crippen molar-refractivity contribution in [2.24, 2.45) is 0 Å². The fraction of sp³-hybridized carbons (Fsp3) is 0.294. The van der Waals surface area contributed by atoms with Crippen molar-refractivity contribution in [3.05, 3.63) is 41.2 Å². The molecule has 0 spiro atoms. The number of carbonyl (C=O) groups is 1. The number of aryl methyl sites for hydroxylation is 1. The Kier molecular flexibility index (Phi) is 5.32. The minimum atomic E-state index is -0.284. The van der Waals surface area contributed by atoms with Crippen LogP contribution in [-0.4, -0.2) is 21.1 Å². The van der Waals surface area contributed by atoms with E-state index < -0.39 is 0 Å². The van der Waals surface area contributed by atoms with Crippen molar-refractivity contribution >= 4 is 39.6 Å². The van der Waals surface area contributed by atoms with Crippen LogP contribution in [0.15, 0.2) is 34.8 Å². The highest BCUT2D eigenvalue weighted by Crippen LogP contribution is 2.18. The van der Waals surface area contributed by atoms with E-state index >= 15 is 0 Å². The summed E-state index contributed by atoms with van der Waals surface area (Å²) in [5.74, 6) is 0.109. The maximum absolute atomic E-state index is 11.9. The van der Waals surface area contributed by atoms with Gasteiger partial charge in [-0.25, -0.2) is 4.98 Å². The summed E-state index contributed by atoms with van der Waals surface area (Å²) in [6, 6.07) is 7.46. The smallest absolute Gasteiger partial charge is 0.250 e. The summed E-state index contributed by atoms with van der Waals surface area (Å²) in [6.45, 7) is 2.16. The van der Waals surface area contributed by atoms with Gasteiger partial charge in [0.2, 0.25) is 16.9 Å². The van der Waals surface area contributed by atoms with Crippen LogP contribution in [0.5, 0.6) is 0 Å². The summed E-state index contributed by atoms with van der Waals surface area (Å²) in [7, 11) is 0. The molecule has 124 valence electrons. The molecule has 3 aromatic rings. The predicted octanol–water partition coefficient (Wildman–Crippen LogP) is 4.06. The van der Waals surface area contributed by atoms with Crippen LogP contribution in [-0.2, 0) is 11.2 Å². The number of unbranched alkanes of at least 4 members (excludes halogenated alkanes) is 2. The third kappa shape index (κ3) is 4.26. The molecule has 3 rings (SSSR count). The number of aromatic nitrogens is 3. The topological polar surface area (TPSA) is 80.9 Å². The third-order valence-corrected chi connectivity index (χ3v) is 4.28. The molecule has 1 amide bonds. The molecule has 1 N–H and O–H groups in total. The molecule has 0 aliphatic rings. The van der Waals surface area contributed by atoms with Gasteiger partial charge < -0.3 is 4.42 Å². The lowest BCUT2D eigenvalue weighted by atomic mass is 10.2. The number of carbonyl (C=O) groups excluding carboxylic acids is 1. The van der Waals surface area contributed by atoms with Gasteiger partial charge in [0.15, 0.2) is 5.58 Å². The number of nitrogens with zero attached hydrogens (tertiary/aromatic N) is 3.